The zero-order valence-corrected chi connectivity index (χ0v) is 13.9. The Labute approximate surface area is 139 Å². The fourth-order valence-corrected chi connectivity index (χ4v) is 3.77. The molecular formula is C17H26ClN3O. The highest BCUT2D eigenvalue weighted by Gasteiger charge is 2.40. The second-order valence-electron chi connectivity index (χ2n) is 6.53. The fourth-order valence-electron chi connectivity index (χ4n) is 3.77. The molecule has 2 saturated heterocycles. The zero-order chi connectivity index (χ0) is 14.7. The molecule has 2 N–H and O–H groups in total. The van der Waals surface area contributed by atoms with E-state index in [0.29, 0.717) is 5.41 Å². The van der Waals surface area contributed by atoms with E-state index in [0.717, 1.165) is 32.5 Å². The van der Waals surface area contributed by atoms with E-state index in [1.165, 1.54) is 25.1 Å². The minimum absolute atomic E-state index is 0. The summed E-state index contributed by atoms with van der Waals surface area (Å²) in [7, 11) is 0. The van der Waals surface area contributed by atoms with Crippen molar-refractivity contribution >= 4 is 18.3 Å². The highest BCUT2D eigenvalue weighted by atomic mass is 35.5. The Bertz CT molecular complexity index is 486. The SMILES string of the molecule is Cl.NCC(=O)N1CCC2(CCN(Cc3ccccc3)C2)CC1. The van der Waals surface area contributed by atoms with E-state index in [1.807, 2.05) is 4.90 Å². The molecule has 0 saturated carbocycles. The van der Waals surface area contributed by atoms with Gasteiger partial charge in [0.15, 0.2) is 0 Å². The molecule has 0 bridgehead atoms. The number of likely N-dealkylation sites (tertiary alicyclic amines) is 2. The number of hydrogen-bond acceptors (Lipinski definition) is 3. The van der Waals surface area contributed by atoms with Crippen molar-refractivity contribution in [2.45, 2.75) is 25.8 Å². The van der Waals surface area contributed by atoms with Gasteiger partial charge in [-0.25, -0.2) is 0 Å². The first kappa shape index (κ1) is 17.3. The topological polar surface area (TPSA) is 49.6 Å². The molecule has 0 unspecified atom stereocenters. The van der Waals surface area contributed by atoms with Crippen molar-refractivity contribution in [1.82, 2.24) is 9.80 Å². The average molecular weight is 324 g/mol. The molecule has 4 nitrogen and oxygen atoms in total. The van der Waals surface area contributed by atoms with Crippen molar-refractivity contribution in [3.8, 4) is 0 Å². The Morgan fingerprint density at radius 2 is 1.73 bits per heavy atom. The number of nitrogens with zero attached hydrogens (tertiary/aromatic N) is 2. The van der Waals surface area contributed by atoms with Crippen LogP contribution in [0.15, 0.2) is 30.3 Å². The van der Waals surface area contributed by atoms with Crippen LogP contribution in [-0.4, -0.2) is 48.4 Å². The quantitative estimate of drug-likeness (QED) is 0.924. The van der Waals surface area contributed by atoms with Gasteiger partial charge in [0.1, 0.15) is 0 Å². The minimum atomic E-state index is 0. The molecule has 0 aromatic heterocycles. The highest BCUT2D eigenvalue weighted by molar-refractivity contribution is 5.85. The molecule has 0 atom stereocenters. The summed E-state index contributed by atoms with van der Waals surface area (Å²) in [6.45, 7) is 5.32. The molecule has 0 aliphatic carbocycles. The van der Waals surface area contributed by atoms with Crippen molar-refractivity contribution in [3.05, 3.63) is 35.9 Å². The van der Waals surface area contributed by atoms with Crippen molar-refractivity contribution in [2.75, 3.05) is 32.7 Å². The first-order valence-corrected chi connectivity index (χ1v) is 7.95. The highest BCUT2D eigenvalue weighted by Crippen LogP contribution is 2.40. The number of hydrogen-bond donors (Lipinski definition) is 1. The predicted octanol–water partition coefficient (Wildman–Crippen LogP) is 1.88. The van der Waals surface area contributed by atoms with Crippen molar-refractivity contribution in [1.29, 1.82) is 0 Å². The van der Waals surface area contributed by atoms with Crippen LogP contribution in [0.3, 0.4) is 0 Å². The Balaban J connectivity index is 0.00000176. The zero-order valence-electron chi connectivity index (χ0n) is 13.0. The maximum absolute atomic E-state index is 11.7. The van der Waals surface area contributed by atoms with Gasteiger partial charge in [0.2, 0.25) is 5.91 Å². The van der Waals surface area contributed by atoms with E-state index in [2.05, 4.69) is 35.2 Å². The number of carbonyl (C=O) groups is 1. The summed E-state index contributed by atoms with van der Waals surface area (Å²) < 4.78 is 0. The minimum Gasteiger partial charge on any atom is -0.342 e. The van der Waals surface area contributed by atoms with Crippen LogP contribution in [0.2, 0.25) is 0 Å². The Hall–Kier alpha value is -1.10. The molecule has 122 valence electrons. The average Bonchev–Trinajstić information content (AvgIpc) is 2.91. The second-order valence-corrected chi connectivity index (χ2v) is 6.53. The maximum Gasteiger partial charge on any atom is 0.236 e. The van der Waals surface area contributed by atoms with Crippen LogP contribution in [0.5, 0.6) is 0 Å². The summed E-state index contributed by atoms with van der Waals surface area (Å²) in [5.41, 5.74) is 7.28. The van der Waals surface area contributed by atoms with E-state index < -0.39 is 0 Å². The van der Waals surface area contributed by atoms with E-state index in [4.69, 9.17) is 5.73 Å². The molecule has 5 heteroatoms. The van der Waals surface area contributed by atoms with Crippen LogP contribution in [-0.2, 0) is 11.3 Å². The standard InChI is InChI=1S/C17H25N3O.ClH/c18-12-16(21)20-10-7-17(8-11-20)6-9-19(14-17)13-15-4-2-1-3-5-15;/h1-5H,6-14,18H2;1H. The lowest BCUT2D eigenvalue weighted by Gasteiger charge is -2.39. The number of rotatable bonds is 3. The van der Waals surface area contributed by atoms with Crippen molar-refractivity contribution in [2.24, 2.45) is 11.1 Å². The van der Waals surface area contributed by atoms with E-state index in [-0.39, 0.29) is 24.9 Å². The molecule has 1 spiro atoms. The van der Waals surface area contributed by atoms with Crippen LogP contribution in [0.1, 0.15) is 24.8 Å². The van der Waals surface area contributed by atoms with Gasteiger partial charge in [0, 0.05) is 26.2 Å². The maximum atomic E-state index is 11.7. The van der Waals surface area contributed by atoms with Crippen LogP contribution < -0.4 is 5.73 Å². The molecule has 2 heterocycles. The fraction of sp³-hybridized carbons (Fsp3) is 0.588. The summed E-state index contributed by atoms with van der Waals surface area (Å²) in [4.78, 5) is 16.2. The van der Waals surface area contributed by atoms with E-state index in [1.54, 1.807) is 0 Å². The Kier molecular flexibility index (Phi) is 5.84. The van der Waals surface area contributed by atoms with Crippen LogP contribution in [0, 0.1) is 5.41 Å². The number of benzene rings is 1. The lowest BCUT2D eigenvalue weighted by atomic mass is 9.78. The molecule has 0 radical (unpaired) electrons. The number of amides is 1. The van der Waals surface area contributed by atoms with Crippen molar-refractivity contribution in [3.63, 3.8) is 0 Å². The third kappa shape index (κ3) is 3.80. The number of nitrogens with two attached hydrogens (primary N) is 1. The first-order valence-electron chi connectivity index (χ1n) is 7.95. The normalized spacial score (nSPS) is 20.9. The molecule has 2 fully saturated rings. The summed E-state index contributed by atoms with van der Waals surface area (Å²) in [6, 6.07) is 10.7. The molecule has 22 heavy (non-hydrogen) atoms. The summed E-state index contributed by atoms with van der Waals surface area (Å²) in [5.74, 6) is 0.101. The van der Waals surface area contributed by atoms with Gasteiger partial charge in [-0.15, -0.1) is 12.4 Å². The van der Waals surface area contributed by atoms with Crippen LogP contribution >= 0.6 is 12.4 Å². The third-order valence-electron chi connectivity index (χ3n) is 5.12. The lowest BCUT2D eigenvalue weighted by molar-refractivity contribution is -0.131. The molecule has 2 aliphatic heterocycles. The van der Waals surface area contributed by atoms with Crippen LogP contribution in [0.4, 0.5) is 0 Å². The monoisotopic (exact) mass is 323 g/mol. The third-order valence-corrected chi connectivity index (χ3v) is 5.12. The smallest absolute Gasteiger partial charge is 0.236 e. The lowest BCUT2D eigenvalue weighted by Crippen LogP contribution is -2.46. The molecular weight excluding hydrogens is 298 g/mol. The van der Waals surface area contributed by atoms with E-state index >= 15 is 0 Å². The molecule has 3 rings (SSSR count). The first-order chi connectivity index (χ1) is 10.2. The van der Waals surface area contributed by atoms with Gasteiger partial charge in [0.05, 0.1) is 6.54 Å². The van der Waals surface area contributed by atoms with Gasteiger partial charge in [-0.05, 0) is 36.8 Å². The molecule has 1 aromatic carbocycles. The van der Waals surface area contributed by atoms with Gasteiger partial charge in [0.25, 0.3) is 0 Å². The molecule has 2 aliphatic rings. The Morgan fingerprint density at radius 1 is 1.09 bits per heavy atom. The summed E-state index contributed by atoms with van der Waals surface area (Å²) >= 11 is 0. The summed E-state index contributed by atoms with van der Waals surface area (Å²) in [5, 5.41) is 0. The molecule has 1 aromatic rings. The largest absolute Gasteiger partial charge is 0.342 e. The van der Waals surface area contributed by atoms with Gasteiger partial charge < -0.3 is 10.6 Å². The number of piperidine rings is 1. The van der Waals surface area contributed by atoms with Gasteiger partial charge in [-0.2, -0.15) is 0 Å². The second kappa shape index (κ2) is 7.44. The van der Waals surface area contributed by atoms with Gasteiger partial charge >= 0.3 is 0 Å². The Morgan fingerprint density at radius 3 is 2.36 bits per heavy atom. The van der Waals surface area contributed by atoms with Gasteiger partial charge in [-0.1, -0.05) is 30.3 Å². The number of carbonyl (C=O) groups excluding carboxylic acids is 1. The predicted molar refractivity (Wildman–Crippen MR) is 90.9 cm³/mol. The summed E-state index contributed by atoms with van der Waals surface area (Å²) in [6.07, 6.45) is 3.53. The van der Waals surface area contributed by atoms with Crippen molar-refractivity contribution < 1.29 is 4.79 Å². The molecule has 1 amide bonds. The van der Waals surface area contributed by atoms with E-state index in [9.17, 15) is 4.79 Å². The van der Waals surface area contributed by atoms with Gasteiger partial charge in [-0.3, -0.25) is 9.69 Å². The van der Waals surface area contributed by atoms with Crippen LogP contribution in [0.25, 0.3) is 0 Å². The number of halogens is 1.